The number of hydrogen-bond donors (Lipinski definition) is 0. The Bertz CT molecular complexity index is 2690. The van der Waals surface area contributed by atoms with Gasteiger partial charge in [-0.2, -0.15) is 0 Å². The molecular formula is C53H40N4. The van der Waals surface area contributed by atoms with E-state index in [1.807, 2.05) is 18.5 Å². The standard InChI is InChI=1S/C53H40N4/c1-39-38-55-53(37-51(39)41-18-8-3-9-19-41)44-21-15-27-50(35-44)57(49-26-14-20-43(34-49)52-36-42(32-33-54-52)40-16-6-2-7-17-40)48-30-28-47(29-31-48)56(45-22-10-4-11-23-45)46-24-12-5-13-25-46/h2-38H,1H3. The lowest BCUT2D eigenvalue weighted by atomic mass is 9.99. The molecule has 7 aromatic carbocycles. The Morgan fingerprint density at radius 3 is 1.28 bits per heavy atom. The minimum Gasteiger partial charge on any atom is -0.311 e. The van der Waals surface area contributed by atoms with E-state index in [4.69, 9.17) is 9.97 Å². The Kier molecular flexibility index (Phi) is 9.89. The number of hydrogen-bond acceptors (Lipinski definition) is 4. The molecule has 272 valence electrons. The predicted molar refractivity (Wildman–Crippen MR) is 238 cm³/mol. The number of benzene rings is 7. The van der Waals surface area contributed by atoms with Gasteiger partial charge in [0.2, 0.25) is 0 Å². The fraction of sp³-hybridized carbons (Fsp3) is 0.0189. The maximum absolute atomic E-state index is 4.92. The van der Waals surface area contributed by atoms with Crippen LogP contribution in [0.3, 0.4) is 0 Å². The summed E-state index contributed by atoms with van der Waals surface area (Å²) in [5.41, 5.74) is 16.1. The van der Waals surface area contributed by atoms with Crippen molar-refractivity contribution in [2.45, 2.75) is 6.92 Å². The average Bonchev–Trinajstić information content (AvgIpc) is 3.29. The lowest BCUT2D eigenvalue weighted by molar-refractivity contribution is 1.24. The molecule has 4 heteroatoms. The van der Waals surface area contributed by atoms with Gasteiger partial charge in [-0.05, 0) is 126 Å². The van der Waals surface area contributed by atoms with E-state index in [-0.39, 0.29) is 0 Å². The van der Waals surface area contributed by atoms with Gasteiger partial charge in [0.15, 0.2) is 0 Å². The van der Waals surface area contributed by atoms with Crippen LogP contribution in [0.4, 0.5) is 34.1 Å². The van der Waals surface area contributed by atoms with E-state index in [0.29, 0.717) is 0 Å². The number of pyridine rings is 2. The maximum atomic E-state index is 4.92. The zero-order valence-corrected chi connectivity index (χ0v) is 31.7. The molecule has 0 spiro atoms. The smallest absolute Gasteiger partial charge is 0.0709 e. The number of aromatic nitrogens is 2. The molecular weight excluding hydrogens is 693 g/mol. The SMILES string of the molecule is Cc1cnc(-c2cccc(N(c3ccc(N(c4ccccc4)c4ccccc4)cc3)c3cccc(-c4cc(-c5ccccc5)ccn4)c3)c2)cc1-c1ccccc1. The van der Waals surface area contributed by atoms with E-state index in [2.05, 4.69) is 223 Å². The van der Waals surface area contributed by atoms with Crippen LogP contribution in [-0.4, -0.2) is 9.97 Å². The molecule has 0 saturated carbocycles. The van der Waals surface area contributed by atoms with Gasteiger partial charge in [-0.15, -0.1) is 0 Å². The van der Waals surface area contributed by atoms with Crippen molar-refractivity contribution in [3.8, 4) is 44.8 Å². The molecule has 0 N–H and O–H groups in total. The van der Waals surface area contributed by atoms with E-state index >= 15 is 0 Å². The summed E-state index contributed by atoms with van der Waals surface area (Å²) >= 11 is 0. The average molecular weight is 733 g/mol. The van der Waals surface area contributed by atoms with E-state index < -0.39 is 0 Å². The summed E-state index contributed by atoms with van der Waals surface area (Å²) in [6, 6.07) is 74.6. The van der Waals surface area contributed by atoms with Crippen molar-refractivity contribution in [1.82, 2.24) is 9.97 Å². The highest BCUT2D eigenvalue weighted by molar-refractivity contribution is 5.85. The van der Waals surface area contributed by atoms with Gasteiger partial charge in [0.1, 0.15) is 0 Å². The first-order valence-corrected chi connectivity index (χ1v) is 19.2. The van der Waals surface area contributed by atoms with Crippen LogP contribution in [0.25, 0.3) is 44.8 Å². The molecule has 57 heavy (non-hydrogen) atoms. The van der Waals surface area contributed by atoms with Crippen molar-refractivity contribution >= 4 is 34.1 Å². The van der Waals surface area contributed by atoms with Crippen molar-refractivity contribution in [2.24, 2.45) is 0 Å². The number of aryl methyl sites for hydroxylation is 1. The molecule has 4 nitrogen and oxygen atoms in total. The summed E-state index contributed by atoms with van der Waals surface area (Å²) in [6.07, 6.45) is 3.87. The van der Waals surface area contributed by atoms with Crippen LogP contribution < -0.4 is 9.80 Å². The predicted octanol–water partition coefficient (Wildman–Crippen LogP) is 14.4. The molecule has 0 amide bonds. The molecule has 0 fully saturated rings. The van der Waals surface area contributed by atoms with Crippen molar-refractivity contribution < 1.29 is 0 Å². The summed E-state index contributed by atoms with van der Waals surface area (Å²) in [5, 5.41) is 0. The zero-order chi connectivity index (χ0) is 38.4. The second-order valence-electron chi connectivity index (χ2n) is 14.0. The first-order valence-electron chi connectivity index (χ1n) is 19.2. The zero-order valence-electron chi connectivity index (χ0n) is 31.7. The van der Waals surface area contributed by atoms with Crippen molar-refractivity contribution in [1.29, 1.82) is 0 Å². The third-order valence-electron chi connectivity index (χ3n) is 10.3. The number of anilines is 6. The van der Waals surface area contributed by atoms with Crippen molar-refractivity contribution in [3.05, 3.63) is 230 Å². The summed E-state index contributed by atoms with van der Waals surface area (Å²) < 4.78 is 0. The first kappa shape index (κ1) is 35.2. The highest BCUT2D eigenvalue weighted by Crippen LogP contribution is 2.41. The van der Waals surface area contributed by atoms with E-state index in [1.54, 1.807) is 0 Å². The Hall–Kier alpha value is -7.56. The molecule has 0 aliphatic rings. The van der Waals surface area contributed by atoms with Gasteiger partial charge in [-0.3, -0.25) is 9.97 Å². The molecule has 0 bridgehead atoms. The van der Waals surface area contributed by atoms with Crippen LogP contribution >= 0.6 is 0 Å². The molecule has 0 atom stereocenters. The first-order chi connectivity index (χ1) is 28.2. The third-order valence-corrected chi connectivity index (χ3v) is 10.3. The third kappa shape index (κ3) is 7.57. The van der Waals surface area contributed by atoms with Gasteiger partial charge in [-0.25, -0.2) is 0 Å². The highest BCUT2D eigenvalue weighted by atomic mass is 15.2. The second kappa shape index (κ2) is 16.0. The summed E-state index contributed by atoms with van der Waals surface area (Å²) in [5.74, 6) is 0. The van der Waals surface area contributed by atoms with Gasteiger partial charge < -0.3 is 9.80 Å². The van der Waals surface area contributed by atoms with E-state index in [0.717, 1.165) is 73.3 Å². The molecule has 0 unspecified atom stereocenters. The van der Waals surface area contributed by atoms with E-state index in [1.165, 1.54) is 11.1 Å². The van der Waals surface area contributed by atoms with Gasteiger partial charge in [0.25, 0.3) is 0 Å². The number of para-hydroxylation sites is 2. The van der Waals surface area contributed by atoms with Crippen LogP contribution in [0.1, 0.15) is 5.56 Å². The monoisotopic (exact) mass is 732 g/mol. The maximum Gasteiger partial charge on any atom is 0.0709 e. The van der Waals surface area contributed by atoms with Crippen LogP contribution in [-0.2, 0) is 0 Å². The van der Waals surface area contributed by atoms with Crippen LogP contribution in [0.5, 0.6) is 0 Å². The molecule has 2 aromatic heterocycles. The Morgan fingerprint density at radius 2 is 0.737 bits per heavy atom. The largest absolute Gasteiger partial charge is 0.311 e. The van der Waals surface area contributed by atoms with Crippen LogP contribution in [0.2, 0.25) is 0 Å². The number of rotatable bonds is 10. The van der Waals surface area contributed by atoms with Gasteiger partial charge in [0, 0.05) is 57.6 Å². The molecule has 0 aliphatic carbocycles. The fourth-order valence-electron chi connectivity index (χ4n) is 7.42. The molecule has 0 aliphatic heterocycles. The van der Waals surface area contributed by atoms with Gasteiger partial charge in [0.05, 0.1) is 11.4 Å². The quantitative estimate of drug-likeness (QED) is 0.140. The lowest BCUT2D eigenvalue weighted by Gasteiger charge is -2.29. The Labute approximate surface area is 334 Å². The molecule has 9 aromatic rings. The normalized spacial score (nSPS) is 10.9. The van der Waals surface area contributed by atoms with Crippen molar-refractivity contribution in [3.63, 3.8) is 0 Å². The minimum absolute atomic E-state index is 0.918. The summed E-state index contributed by atoms with van der Waals surface area (Å²) in [7, 11) is 0. The van der Waals surface area contributed by atoms with Crippen LogP contribution in [0.15, 0.2) is 225 Å². The molecule has 0 saturated heterocycles. The summed E-state index contributed by atoms with van der Waals surface area (Å²) in [4.78, 5) is 14.4. The lowest BCUT2D eigenvalue weighted by Crippen LogP contribution is -2.12. The molecule has 9 rings (SSSR count). The Morgan fingerprint density at radius 1 is 0.316 bits per heavy atom. The minimum atomic E-state index is 0.918. The number of nitrogens with zero attached hydrogens (tertiary/aromatic N) is 4. The highest BCUT2D eigenvalue weighted by Gasteiger charge is 2.18. The second-order valence-corrected chi connectivity index (χ2v) is 14.0. The van der Waals surface area contributed by atoms with Crippen LogP contribution in [0, 0.1) is 6.92 Å². The van der Waals surface area contributed by atoms with E-state index in [9.17, 15) is 0 Å². The topological polar surface area (TPSA) is 32.3 Å². The van der Waals surface area contributed by atoms with Crippen molar-refractivity contribution in [2.75, 3.05) is 9.80 Å². The van der Waals surface area contributed by atoms with Gasteiger partial charge >= 0.3 is 0 Å². The molecule has 0 radical (unpaired) electrons. The summed E-state index contributed by atoms with van der Waals surface area (Å²) in [6.45, 7) is 2.12. The van der Waals surface area contributed by atoms with Gasteiger partial charge in [-0.1, -0.05) is 121 Å². The molecule has 2 heterocycles. The fourth-order valence-corrected chi connectivity index (χ4v) is 7.42. The Balaban J connectivity index is 1.15.